The van der Waals surface area contributed by atoms with E-state index in [1.807, 2.05) is 20.1 Å². The second-order valence-electron chi connectivity index (χ2n) is 4.10. The maximum Gasteiger partial charge on any atom is 0.326 e. The lowest BCUT2D eigenvalue weighted by Gasteiger charge is -2.14. The molecule has 0 unspecified atom stereocenters. The van der Waals surface area contributed by atoms with Gasteiger partial charge in [0.1, 0.15) is 6.04 Å². The Morgan fingerprint density at radius 3 is 2.47 bits per heavy atom. The van der Waals surface area contributed by atoms with Crippen LogP contribution in [0.15, 0.2) is 0 Å². The van der Waals surface area contributed by atoms with Gasteiger partial charge in [-0.2, -0.15) is 11.8 Å². The predicted molar refractivity (Wildman–Crippen MR) is 70.3 cm³/mol. The predicted octanol–water partition coefficient (Wildman–Crippen LogP) is 0.697. The molecule has 5 nitrogen and oxygen atoms in total. The SMILES string of the molecule is CSCC[C@H](NC(=O)CCNC(C)C)C(=O)O. The first-order valence-electron chi connectivity index (χ1n) is 5.71. The minimum atomic E-state index is -0.968. The zero-order valence-electron chi connectivity index (χ0n) is 10.7. The van der Waals surface area contributed by atoms with Crippen LogP contribution in [0, 0.1) is 0 Å². The lowest BCUT2D eigenvalue weighted by atomic mass is 10.2. The summed E-state index contributed by atoms with van der Waals surface area (Å²) < 4.78 is 0. The minimum Gasteiger partial charge on any atom is -0.480 e. The van der Waals surface area contributed by atoms with Gasteiger partial charge in [-0.25, -0.2) is 4.79 Å². The van der Waals surface area contributed by atoms with Gasteiger partial charge in [-0.1, -0.05) is 13.8 Å². The third-order valence-corrected chi connectivity index (χ3v) is 2.79. The first-order chi connectivity index (χ1) is 7.97. The fraction of sp³-hybridized carbons (Fsp3) is 0.818. The number of aliphatic carboxylic acids is 1. The van der Waals surface area contributed by atoms with E-state index in [9.17, 15) is 9.59 Å². The van der Waals surface area contributed by atoms with E-state index in [4.69, 9.17) is 5.11 Å². The Hall–Kier alpha value is -0.750. The van der Waals surface area contributed by atoms with E-state index in [0.717, 1.165) is 5.75 Å². The molecule has 0 bridgehead atoms. The number of carboxylic acid groups (broad SMARTS) is 1. The summed E-state index contributed by atoms with van der Waals surface area (Å²) in [6.07, 6.45) is 2.67. The first kappa shape index (κ1) is 16.2. The van der Waals surface area contributed by atoms with Crippen LogP contribution in [0.4, 0.5) is 0 Å². The molecule has 0 spiro atoms. The lowest BCUT2D eigenvalue weighted by Crippen LogP contribution is -2.42. The Balaban J connectivity index is 3.91. The normalized spacial score (nSPS) is 12.5. The molecule has 100 valence electrons. The quantitative estimate of drug-likeness (QED) is 0.570. The fourth-order valence-corrected chi connectivity index (χ4v) is 1.71. The highest BCUT2D eigenvalue weighted by molar-refractivity contribution is 7.98. The molecule has 0 rings (SSSR count). The molecule has 0 heterocycles. The van der Waals surface area contributed by atoms with E-state index in [2.05, 4.69) is 10.6 Å². The molecule has 1 atom stereocenters. The van der Waals surface area contributed by atoms with Crippen LogP contribution in [-0.4, -0.2) is 47.6 Å². The van der Waals surface area contributed by atoms with Gasteiger partial charge < -0.3 is 15.7 Å². The van der Waals surface area contributed by atoms with Crippen LogP contribution < -0.4 is 10.6 Å². The third-order valence-electron chi connectivity index (χ3n) is 2.15. The van der Waals surface area contributed by atoms with Crippen LogP contribution in [0.25, 0.3) is 0 Å². The maximum absolute atomic E-state index is 11.5. The Morgan fingerprint density at radius 1 is 1.35 bits per heavy atom. The number of carbonyl (C=O) groups excluding carboxylic acids is 1. The van der Waals surface area contributed by atoms with Gasteiger partial charge in [0, 0.05) is 19.0 Å². The summed E-state index contributed by atoms with van der Waals surface area (Å²) in [6.45, 7) is 4.56. The van der Waals surface area contributed by atoms with Crippen molar-refractivity contribution in [1.29, 1.82) is 0 Å². The zero-order chi connectivity index (χ0) is 13.3. The van der Waals surface area contributed by atoms with E-state index in [1.54, 1.807) is 11.8 Å². The van der Waals surface area contributed by atoms with E-state index in [-0.39, 0.29) is 5.91 Å². The minimum absolute atomic E-state index is 0.216. The van der Waals surface area contributed by atoms with Crippen LogP contribution >= 0.6 is 11.8 Å². The number of carbonyl (C=O) groups is 2. The van der Waals surface area contributed by atoms with E-state index < -0.39 is 12.0 Å². The Morgan fingerprint density at radius 2 is 2.00 bits per heavy atom. The van der Waals surface area contributed by atoms with Gasteiger partial charge in [0.2, 0.25) is 5.91 Å². The summed E-state index contributed by atoms with van der Waals surface area (Å²) >= 11 is 1.57. The molecule has 0 aromatic rings. The van der Waals surface area contributed by atoms with Gasteiger partial charge in [0.25, 0.3) is 0 Å². The lowest BCUT2D eigenvalue weighted by molar-refractivity contribution is -0.141. The van der Waals surface area contributed by atoms with Crippen LogP contribution in [0.5, 0.6) is 0 Å². The molecule has 0 saturated carbocycles. The second-order valence-corrected chi connectivity index (χ2v) is 5.08. The van der Waals surface area contributed by atoms with Gasteiger partial charge in [0.15, 0.2) is 0 Å². The van der Waals surface area contributed by atoms with Gasteiger partial charge in [-0.3, -0.25) is 4.79 Å². The van der Waals surface area contributed by atoms with E-state index in [0.29, 0.717) is 25.4 Å². The van der Waals surface area contributed by atoms with Crippen LogP contribution in [0.2, 0.25) is 0 Å². The van der Waals surface area contributed by atoms with Crippen molar-refractivity contribution < 1.29 is 14.7 Å². The summed E-state index contributed by atoms with van der Waals surface area (Å²) in [6, 6.07) is -0.441. The van der Waals surface area contributed by atoms with Gasteiger partial charge in [-0.05, 0) is 18.4 Å². The van der Waals surface area contributed by atoms with Crippen molar-refractivity contribution in [2.75, 3.05) is 18.6 Å². The molecule has 0 aliphatic heterocycles. The molecule has 0 fully saturated rings. The third kappa shape index (κ3) is 9.00. The molecular weight excluding hydrogens is 240 g/mol. The van der Waals surface area contributed by atoms with Gasteiger partial charge in [-0.15, -0.1) is 0 Å². The highest BCUT2D eigenvalue weighted by atomic mass is 32.2. The summed E-state index contributed by atoms with van der Waals surface area (Å²) in [4.78, 5) is 22.4. The van der Waals surface area contributed by atoms with E-state index in [1.165, 1.54) is 0 Å². The molecule has 3 N–H and O–H groups in total. The first-order valence-corrected chi connectivity index (χ1v) is 7.11. The Labute approximate surface area is 107 Å². The number of thioether (sulfide) groups is 1. The fourth-order valence-electron chi connectivity index (χ4n) is 1.23. The number of amides is 1. The summed E-state index contributed by atoms with van der Waals surface area (Å²) in [5.74, 6) is -0.461. The number of carboxylic acids is 1. The van der Waals surface area contributed by atoms with Crippen molar-refractivity contribution in [1.82, 2.24) is 10.6 Å². The Bertz CT molecular complexity index is 247. The van der Waals surface area contributed by atoms with Crippen molar-refractivity contribution in [3.63, 3.8) is 0 Å². The molecule has 0 aliphatic carbocycles. The smallest absolute Gasteiger partial charge is 0.326 e. The standard InChI is InChI=1S/C11H22N2O3S/c1-8(2)12-6-4-10(14)13-9(11(15)16)5-7-17-3/h8-9,12H,4-7H2,1-3H3,(H,13,14)(H,15,16)/t9-/m0/s1. The molecule has 0 saturated heterocycles. The number of hydrogen-bond acceptors (Lipinski definition) is 4. The molecule has 0 aromatic carbocycles. The molecule has 17 heavy (non-hydrogen) atoms. The number of nitrogens with one attached hydrogen (secondary N) is 2. The van der Waals surface area contributed by atoms with Crippen molar-refractivity contribution in [3.8, 4) is 0 Å². The van der Waals surface area contributed by atoms with Crippen LogP contribution in [0.1, 0.15) is 26.7 Å². The topological polar surface area (TPSA) is 78.4 Å². The average molecular weight is 262 g/mol. The molecule has 1 amide bonds. The second kappa shape index (κ2) is 9.30. The zero-order valence-corrected chi connectivity index (χ0v) is 11.5. The van der Waals surface area contributed by atoms with E-state index >= 15 is 0 Å². The van der Waals surface area contributed by atoms with Crippen LogP contribution in [-0.2, 0) is 9.59 Å². The highest BCUT2D eigenvalue weighted by Gasteiger charge is 2.18. The maximum atomic E-state index is 11.5. The van der Waals surface area contributed by atoms with Gasteiger partial charge in [0.05, 0.1) is 0 Å². The molecule has 6 heteroatoms. The average Bonchev–Trinajstić information content (AvgIpc) is 2.23. The monoisotopic (exact) mass is 262 g/mol. The summed E-state index contributed by atoms with van der Waals surface area (Å²) in [5, 5.41) is 14.6. The summed E-state index contributed by atoms with van der Waals surface area (Å²) in [5.41, 5.74) is 0. The molecular formula is C11H22N2O3S. The number of rotatable bonds is 9. The number of hydrogen-bond donors (Lipinski definition) is 3. The molecule has 0 radical (unpaired) electrons. The van der Waals surface area contributed by atoms with Crippen molar-refractivity contribution in [2.24, 2.45) is 0 Å². The summed E-state index contributed by atoms with van der Waals surface area (Å²) in [7, 11) is 0. The van der Waals surface area contributed by atoms with Gasteiger partial charge >= 0.3 is 5.97 Å². The van der Waals surface area contributed by atoms with Crippen molar-refractivity contribution >= 4 is 23.6 Å². The largest absolute Gasteiger partial charge is 0.480 e. The van der Waals surface area contributed by atoms with Crippen LogP contribution in [0.3, 0.4) is 0 Å². The highest BCUT2D eigenvalue weighted by Crippen LogP contribution is 2.01. The van der Waals surface area contributed by atoms with Crippen molar-refractivity contribution in [2.45, 2.75) is 38.8 Å². The van der Waals surface area contributed by atoms with Crippen molar-refractivity contribution in [3.05, 3.63) is 0 Å². The molecule has 0 aliphatic rings. The Kier molecular flexibility index (Phi) is 8.89. The molecule has 0 aromatic heterocycles.